The molecule has 3 aromatic rings. The molecule has 0 aliphatic rings. The van der Waals surface area contributed by atoms with Crippen LogP contribution in [0.15, 0.2) is 67.1 Å². The minimum atomic E-state index is -0.211. The highest BCUT2D eigenvalue weighted by molar-refractivity contribution is 5.77. The lowest BCUT2D eigenvalue weighted by atomic mass is 10.1. The van der Waals surface area contributed by atoms with Crippen molar-refractivity contribution in [3.05, 3.63) is 72.7 Å². The van der Waals surface area contributed by atoms with Crippen LogP contribution in [0.4, 0.5) is 0 Å². The van der Waals surface area contributed by atoms with Gasteiger partial charge in [-0.25, -0.2) is 0 Å². The molecular formula is C20H19N3O3. The summed E-state index contributed by atoms with van der Waals surface area (Å²) in [6.07, 6.45) is 5.16. The number of amides is 1. The minimum absolute atomic E-state index is 0.0714. The molecule has 0 atom stereocenters. The molecule has 0 radical (unpaired) electrons. The lowest BCUT2D eigenvalue weighted by Crippen LogP contribution is -2.28. The Morgan fingerprint density at radius 2 is 1.85 bits per heavy atom. The van der Waals surface area contributed by atoms with Gasteiger partial charge in [-0.3, -0.25) is 14.8 Å². The van der Waals surface area contributed by atoms with Gasteiger partial charge in [0, 0.05) is 36.8 Å². The van der Waals surface area contributed by atoms with Crippen molar-refractivity contribution >= 4 is 5.91 Å². The van der Waals surface area contributed by atoms with E-state index in [-0.39, 0.29) is 12.5 Å². The van der Waals surface area contributed by atoms with Crippen LogP contribution in [0.25, 0.3) is 11.3 Å². The van der Waals surface area contributed by atoms with Gasteiger partial charge in [-0.2, -0.15) is 0 Å². The molecule has 1 aromatic carbocycles. The summed E-state index contributed by atoms with van der Waals surface area (Å²) in [4.78, 5) is 20.5. The molecule has 0 saturated carbocycles. The molecule has 132 valence electrons. The Labute approximate surface area is 151 Å². The van der Waals surface area contributed by atoms with E-state index in [2.05, 4.69) is 15.3 Å². The van der Waals surface area contributed by atoms with Crippen molar-refractivity contribution in [2.75, 3.05) is 13.7 Å². The van der Waals surface area contributed by atoms with Gasteiger partial charge in [0.2, 0.25) is 0 Å². The highest BCUT2D eigenvalue weighted by Gasteiger charge is 2.08. The Kier molecular flexibility index (Phi) is 5.77. The van der Waals surface area contributed by atoms with Gasteiger partial charge in [0.1, 0.15) is 11.5 Å². The Morgan fingerprint density at radius 3 is 2.65 bits per heavy atom. The van der Waals surface area contributed by atoms with Crippen molar-refractivity contribution in [2.45, 2.75) is 6.54 Å². The topological polar surface area (TPSA) is 73.3 Å². The number of methoxy groups -OCH3 is 1. The molecule has 0 fully saturated rings. The zero-order chi connectivity index (χ0) is 18.2. The van der Waals surface area contributed by atoms with Crippen LogP contribution in [0.3, 0.4) is 0 Å². The average molecular weight is 349 g/mol. The van der Waals surface area contributed by atoms with E-state index >= 15 is 0 Å². The molecule has 6 nitrogen and oxygen atoms in total. The van der Waals surface area contributed by atoms with Gasteiger partial charge in [0.15, 0.2) is 6.61 Å². The van der Waals surface area contributed by atoms with E-state index in [1.165, 1.54) is 0 Å². The number of hydrogen-bond acceptors (Lipinski definition) is 5. The maximum absolute atomic E-state index is 12.1. The van der Waals surface area contributed by atoms with E-state index in [1.54, 1.807) is 37.8 Å². The first-order valence-corrected chi connectivity index (χ1v) is 8.14. The maximum atomic E-state index is 12.1. The monoisotopic (exact) mass is 349 g/mol. The van der Waals surface area contributed by atoms with Crippen LogP contribution in [-0.4, -0.2) is 29.6 Å². The first-order chi connectivity index (χ1) is 12.8. The fourth-order valence-corrected chi connectivity index (χ4v) is 2.44. The van der Waals surface area contributed by atoms with Crippen molar-refractivity contribution in [3.63, 3.8) is 0 Å². The third-order valence-electron chi connectivity index (χ3n) is 3.73. The van der Waals surface area contributed by atoms with Gasteiger partial charge in [-0.05, 0) is 35.9 Å². The second kappa shape index (κ2) is 8.62. The maximum Gasteiger partial charge on any atom is 0.258 e. The minimum Gasteiger partial charge on any atom is -0.497 e. The molecule has 0 aliphatic heterocycles. The van der Waals surface area contributed by atoms with Crippen LogP contribution in [-0.2, 0) is 11.3 Å². The molecular weight excluding hydrogens is 330 g/mol. The first-order valence-electron chi connectivity index (χ1n) is 8.14. The van der Waals surface area contributed by atoms with Crippen LogP contribution in [0.1, 0.15) is 5.56 Å². The van der Waals surface area contributed by atoms with E-state index in [1.807, 2.05) is 36.4 Å². The fourth-order valence-electron chi connectivity index (χ4n) is 2.44. The second-order valence-corrected chi connectivity index (χ2v) is 5.49. The summed E-state index contributed by atoms with van der Waals surface area (Å²) >= 11 is 0. The number of ether oxygens (including phenoxy) is 2. The first kappa shape index (κ1) is 17.4. The van der Waals surface area contributed by atoms with Crippen LogP contribution >= 0.6 is 0 Å². The normalized spacial score (nSPS) is 10.2. The van der Waals surface area contributed by atoms with Gasteiger partial charge >= 0.3 is 0 Å². The molecule has 6 heteroatoms. The summed E-state index contributed by atoms with van der Waals surface area (Å²) in [5, 5.41) is 2.86. The van der Waals surface area contributed by atoms with Gasteiger partial charge in [0.05, 0.1) is 12.8 Å². The average Bonchev–Trinajstić information content (AvgIpc) is 2.71. The van der Waals surface area contributed by atoms with E-state index in [9.17, 15) is 4.79 Å². The van der Waals surface area contributed by atoms with Crippen LogP contribution in [0.2, 0.25) is 0 Å². The molecule has 0 spiro atoms. The number of carbonyl (C=O) groups is 1. The molecule has 2 heterocycles. The smallest absolute Gasteiger partial charge is 0.258 e. The van der Waals surface area contributed by atoms with E-state index in [4.69, 9.17) is 9.47 Å². The highest BCUT2D eigenvalue weighted by atomic mass is 16.5. The number of carbonyl (C=O) groups excluding carboxylic acids is 1. The van der Waals surface area contributed by atoms with Gasteiger partial charge in [-0.15, -0.1) is 0 Å². The second-order valence-electron chi connectivity index (χ2n) is 5.49. The molecule has 2 aromatic heterocycles. The largest absolute Gasteiger partial charge is 0.497 e. The lowest BCUT2D eigenvalue weighted by molar-refractivity contribution is -0.123. The van der Waals surface area contributed by atoms with Crippen molar-refractivity contribution in [1.82, 2.24) is 15.3 Å². The van der Waals surface area contributed by atoms with Crippen molar-refractivity contribution in [3.8, 4) is 22.8 Å². The molecule has 1 amide bonds. The number of aromatic nitrogens is 2. The van der Waals surface area contributed by atoms with E-state index < -0.39 is 0 Å². The number of pyridine rings is 2. The highest BCUT2D eigenvalue weighted by Crippen LogP contribution is 2.20. The van der Waals surface area contributed by atoms with E-state index in [0.717, 1.165) is 16.8 Å². The summed E-state index contributed by atoms with van der Waals surface area (Å²) in [6, 6.07) is 14.7. The summed E-state index contributed by atoms with van der Waals surface area (Å²) in [7, 11) is 1.58. The standard InChI is InChI=1S/C20H19N3O3/c1-25-17-5-2-6-18(12-17)26-14-19(24)23-13-16-4-3-9-22-20(16)15-7-10-21-11-8-15/h2-12H,13-14H2,1H3,(H,23,24). The fraction of sp³-hybridized carbons (Fsp3) is 0.150. The zero-order valence-corrected chi connectivity index (χ0v) is 14.4. The number of rotatable bonds is 7. The van der Waals surface area contributed by atoms with Gasteiger partial charge in [-0.1, -0.05) is 12.1 Å². The number of nitrogens with zero attached hydrogens (tertiary/aromatic N) is 2. The summed E-state index contributed by atoms with van der Waals surface area (Å²) < 4.78 is 10.6. The van der Waals surface area contributed by atoms with Crippen molar-refractivity contribution < 1.29 is 14.3 Å². The zero-order valence-electron chi connectivity index (χ0n) is 14.4. The van der Waals surface area contributed by atoms with E-state index in [0.29, 0.717) is 18.0 Å². The predicted octanol–water partition coefficient (Wildman–Crippen LogP) is 2.85. The lowest BCUT2D eigenvalue weighted by Gasteiger charge is -2.11. The van der Waals surface area contributed by atoms with Crippen molar-refractivity contribution in [1.29, 1.82) is 0 Å². The molecule has 0 unspecified atom stereocenters. The Morgan fingerprint density at radius 1 is 1.04 bits per heavy atom. The van der Waals surface area contributed by atoms with Crippen LogP contribution < -0.4 is 14.8 Å². The number of hydrogen-bond donors (Lipinski definition) is 1. The van der Waals surface area contributed by atoms with Gasteiger partial charge < -0.3 is 14.8 Å². The Hall–Kier alpha value is -3.41. The molecule has 3 rings (SSSR count). The third-order valence-corrected chi connectivity index (χ3v) is 3.73. The predicted molar refractivity (Wildman–Crippen MR) is 97.8 cm³/mol. The Bertz CT molecular complexity index is 869. The summed E-state index contributed by atoms with van der Waals surface area (Å²) in [5.41, 5.74) is 2.70. The third kappa shape index (κ3) is 4.57. The summed E-state index contributed by atoms with van der Waals surface area (Å²) in [5.74, 6) is 1.05. The molecule has 0 bridgehead atoms. The molecule has 0 aliphatic carbocycles. The quantitative estimate of drug-likeness (QED) is 0.710. The summed E-state index contributed by atoms with van der Waals surface area (Å²) in [6.45, 7) is 0.295. The SMILES string of the molecule is COc1cccc(OCC(=O)NCc2cccnc2-c2ccncc2)c1. The van der Waals surface area contributed by atoms with Gasteiger partial charge in [0.25, 0.3) is 5.91 Å². The number of nitrogens with one attached hydrogen (secondary N) is 1. The van der Waals surface area contributed by atoms with Crippen LogP contribution in [0.5, 0.6) is 11.5 Å². The van der Waals surface area contributed by atoms with Crippen molar-refractivity contribution in [2.24, 2.45) is 0 Å². The Balaban J connectivity index is 1.58. The molecule has 0 saturated heterocycles. The number of benzene rings is 1. The van der Waals surface area contributed by atoms with Crippen LogP contribution in [0, 0.1) is 0 Å². The molecule has 26 heavy (non-hydrogen) atoms. The molecule has 1 N–H and O–H groups in total.